The fourth-order valence-corrected chi connectivity index (χ4v) is 3.37. The molecule has 2 saturated heterocycles. The third-order valence-corrected chi connectivity index (χ3v) is 4.52. The molecule has 128 valence electrons. The first-order valence-corrected chi connectivity index (χ1v) is 7.98. The average molecular weight is 431 g/mol. The van der Waals surface area contributed by atoms with Crippen LogP contribution < -0.4 is 10.6 Å². The van der Waals surface area contributed by atoms with Gasteiger partial charge in [-0.05, 0) is 30.4 Å². The minimum Gasteiger partial charge on any atom is -0.380 e. The molecule has 0 saturated carbocycles. The third kappa shape index (κ3) is 4.58. The Balaban J connectivity index is 0.00000192. The second kappa shape index (κ2) is 8.84. The van der Waals surface area contributed by atoms with Crippen molar-refractivity contribution >= 4 is 29.9 Å². The van der Waals surface area contributed by atoms with Gasteiger partial charge in [0.2, 0.25) is 0 Å². The van der Waals surface area contributed by atoms with Gasteiger partial charge < -0.3 is 20.1 Å². The number of hydrogen-bond donors (Lipinski definition) is 2. The molecule has 3 unspecified atom stereocenters. The smallest absolute Gasteiger partial charge is 0.191 e. The molecule has 3 rings (SSSR count). The van der Waals surface area contributed by atoms with Crippen molar-refractivity contribution in [3.63, 3.8) is 0 Å². The molecule has 23 heavy (non-hydrogen) atoms. The molecule has 2 heterocycles. The van der Waals surface area contributed by atoms with Crippen molar-refractivity contribution < 1.29 is 9.47 Å². The Hall–Kier alpha value is -0.860. The molecule has 0 aliphatic carbocycles. The largest absolute Gasteiger partial charge is 0.380 e. The van der Waals surface area contributed by atoms with Crippen LogP contribution >= 0.6 is 24.0 Å². The van der Waals surface area contributed by atoms with Gasteiger partial charge in [-0.2, -0.15) is 0 Å². The monoisotopic (exact) mass is 431 g/mol. The van der Waals surface area contributed by atoms with Gasteiger partial charge in [0.05, 0.1) is 24.9 Å². The second-order valence-electron chi connectivity index (χ2n) is 5.99. The molecule has 1 aromatic rings. The summed E-state index contributed by atoms with van der Waals surface area (Å²) in [4.78, 5) is 4.33. The zero-order chi connectivity index (χ0) is 15.4. The summed E-state index contributed by atoms with van der Waals surface area (Å²) in [6.07, 6.45) is 4.26. The molecule has 6 heteroatoms. The SMILES string of the molecule is CN=C(NCc1ccccc1COC)NC1CC2CCC1O2.I. The number of ether oxygens (including phenoxy) is 2. The second-order valence-corrected chi connectivity index (χ2v) is 5.99. The fraction of sp³-hybridized carbons (Fsp3) is 0.588. The zero-order valence-corrected chi connectivity index (χ0v) is 16.1. The number of halogens is 1. The number of nitrogens with one attached hydrogen (secondary N) is 2. The molecule has 2 aliphatic heterocycles. The van der Waals surface area contributed by atoms with Gasteiger partial charge in [-0.1, -0.05) is 24.3 Å². The highest BCUT2D eigenvalue weighted by molar-refractivity contribution is 14.0. The molecule has 0 amide bonds. The number of nitrogens with zero attached hydrogens (tertiary/aromatic N) is 1. The fourth-order valence-electron chi connectivity index (χ4n) is 3.37. The van der Waals surface area contributed by atoms with E-state index in [-0.39, 0.29) is 24.0 Å². The summed E-state index contributed by atoms with van der Waals surface area (Å²) in [5.74, 6) is 0.841. The summed E-state index contributed by atoms with van der Waals surface area (Å²) >= 11 is 0. The molecule has 2 aliphatic rings. The predicted molar refractivity (Wildman–Crippen MR) is 102 cm³/mol. The first kappa shape index (κ1) is 18.5. The number of benzene rings is 1. The van der Waals surface area contributed by atoms with Crippen LogP contribution in [-0.2, 0) is 22.6 Å². The lowest BCUT2D eigenvalue weighted by Crippen LogP contribution is -2.47. The van der Waals surface area contributed by atoms with E-state index in [0.29, 0.717) is 24.9 Å². The van der Waals surface area contributed by atoms with E-state index >= 15 is 0 Å². The molecular formula is C17H26IN3O2. The van der Waals surface area contributed by atoms with Gasteiger partial charge in [-0.15, -0.1) is 24.0 Å². The van der Waals surface area contributed by atoms with E-state index in [2.05, 4.69) is 33.8 Å². The summed E-state index contributed by atoms with van der Waals surface area (Å²) in [5.41, 5.74) is 2.44. The molecule has 0 spiro atoms. The lowest BCUT2D eigenvalue weighted by atomic mass is 9.96. The van der Waals surface area contributed by atoms with Crippen LogP contribution in [0.25, 0.3) is 0 Å². The molecule has 2 bridgehead atoms. The average Bonchev–Trinajstić information content (AvgIpc) is 3.15. The van der Waals surface area contributed by atoms with Crippen LogP contribution in [0.4, 0.5) is 0 Å². The van der Waals surface area contributed by atoms with Crippen LogP contribution in [-0.4, -0.2) is 38.4 Å². The van der Waals surface area contributed by atoms with Crippen LogP contribution in [0, 0.1) is 0 Å². The standard InChI is InChI=1S/C17H25N3O2.HI/c1-18-17(20-15-9-14-7-8-16(15)22-14)19-10-12-5-3-4-6-13(12)11-21-2;/h3-6,14-16H,7-11H2,1-2H3,(H2,18,19,20);1H. The number of guanidine groups is 1. The molecule has 1 aromatic carbocycles. The Kier molecular flexibility index (Phi) is 7.10. The van der Waals surface area contributed by atoms with Crippen molar-refractivity contribution in [2.24, 2.45) is 4.99 Å². The first-order valence-electron chi connectivity index (χ1n) is 7.98. The lowest BCUT2D eigenvalue weighted by Gasteiger charge is -2.23. The maximum atomic E-state index is 5.88. The molecule has 3 atom stereocenters. The number of aliphatic imine (C=N–C) groups is 1. The van der Waals surface area contributed by atoms with Gasteiger partial charge in [0.1, 0.15) is 0 Å². The zero-order valence-electron chi connectivity index (χ0n) is 13.7. The van der Waals surface area contributed by atoms with Crippen LogP contribution in [0.3, 0.4) is 0 Å². The summed E-state index contributed by atoms with van der Waals surface area (Å²) in [6.45, 7) is 1.37. The van der Waals surface area contributed by atoms with E-state index in [1.54, 1.807) is 7.11 Å². The van der Waals surface area contributed by atoms with E-state index < -0.39 is 0 Å². The highest BCUT2D eigenvalue weighted by Crippen LogP contribution is 2.34. The van der Waals surface area contributed by atoms with Crippen molar-refractivity contribution in [2.75, 3.05) is 14.2 Å². The lowest BCUT2D eigenvalue weighted by molar-refractivity contribution is 0.0992. The van der Waals surface area contributed by atoms with Crippen molar-refractivity contribution in [2.45, 2.75) is 50.7 Å². The van der Waals surface area contributed by atoms with E-state index in [4.69, 9.17) is 9.47 Å². The Morgan fingerprint density at radius 3 is 2.70 bits per heavy atom. The van der Waals surface area contributed by atoms with Gasteiger partial charge in [0.25, 0.3) is 0 Å². The van der Waals surface area contributed by atoms with Gasteiger partial charge in [-0.3, -0.25) is 4.99 Å². The maximum Gasteiger partial charge on any atom is 0.191 e. The van der Waals surface area contributed by atoms with Gasteiger partial charge in [0.15, 0.2) is 5.96 Å². The van der Waals surface area contributed by atoms with Crippen LogP contribution in [0.15, 0.2) is 29.3 Å². The third-order valence-electron chi connectivity index (χ3n) is 4.52. The minimum absolute atomic E-state index is 0. The van der Waals surface area contributed by atoms with E-state index in [1.807, 2.05) is 13.1 Å². The Bertz CT molecular complexity index is 538. The number of hydrogen-bond acceptors (Lipinski definition) is 3. The molecule has 0 radical (unpaired) electrons. The van der Waals surface area contributed by atoms with E-state index in [0.717, 1.165) is 25.3 Å². The molecule has 0 aromatic heterocycles. The molecule has 2 N–H and O–H groups in total. The number of fused-ring (bicyclic) bond motifs is 2. The Morgan fingerprint density at radius 1 is 1.30 bits per heavy atom. The number of rotatable bonds is 5. The van der Waals surface area contributed by atoms with Crippen molar-refractivity contribution in [3.8, 4) is 0 Å². The van der Waals surface area contributed by atoms with Gasteiger partial charge in [0, 0.05) is 20.7 Å². The Labute approximate surface area is 155 Å². The maximum absolute atomic E-state index is 5.88. The van der Waals surface area contributed by atoms with E-state index in [1.165, 1.54) is 17.5 Å². The highest BCUT2D eigenvalue weighted by Gasteiger charge is 2.41. The molecule has 2 fully saturated rings. The van der Waals surface area contributed by atoms with Gasteiger partial charge >= 0.3 is 0 Å². The Morgan fingerprint density at radius 2 is 2.09 bits per heavy atom. The summed E-state index contributed by atoms with van der Waals surface area (Å²) in [7, 11) is 3.53. The van der Waals surface area contributed by atoms with Crippen LogP contribution in [0.1, 0.15) is 30.4 Å². The summed E-state index contributed by atoms with van der Waals surface area (Å²) < 4.78 is 11.1. The highest BCUT2D eigenvalue weighted by atomic mass is 127. The minimum atomic E-state index is 0. The van der Waals surface area contributed by atoms with Crippen molar-refractivity contribution in [1.82, 2.24) is 10.6 Å². The number of methoxy groups -OCH3 is 1. The van der Waals surface area contributed by atoms with Crippen molar-refractivity contribution in [3.05, 3.63) is 35.4 Å². The topological polar surface area (TPSA) is 54.9 Å². The van der Waals surface area contributed by atoms with Gasteiger partial charge in [-0.25, -0.2) is 0 Å². The van der Waals surface area contributed by atoms with Crippen LogP contribution in [0.2, 0.25) is 0 Å². The summed E-state index contributed by atoms with van der Waals surface area (Å²) in [5, 5.41) is 6.90. The van der Waals surface area contributed by atoms with Crippen molar-refractivity contribution in [1.29, 1.82) is 0 Å². The quantitative estimate of drug-likeness (QED) is 0.427. The normalized spacial score (nSPS) is 26.0. The first-order chi connectivity index (χ1) is 10.8. The van der Waals surface area contributed by atoms with E-state index in [9.17, 15) is 0 Å². The van der Waals surface area contributed by atoms with Crippen LogP contribution in [0.5, 0.6) is 0 Å². The molecule has 5 nitrogen and oxygen atoms in total. The summed E-state index contributed by atoms with van der Waals surface area (Å²) in [6, 6.07) is 8.70. The predicted octanol–water partition coefficient (Wildman–Crippen LogP) is 2.44. The molecular weight excluding hydrogens is 405 g/mol.